The van der Waals surface area contributed by atoms with Gasteiger partial charge in [0.25, 0.3) is 0 Å². The lowest BCUT2D eigenvalue weighted by molar-refractivity contribution is 0.216. The van der Waals surface area contributed by atoms with E-state index in [2.05, 4.69) is 5.32 Å². The molecule has 0 amide bonds. The number of nitrogens with one attached hydrogen (secondary N) is 1. The summed E-state index contributed by atoms with van der Waals surface area (Å²) in [5.41, 5.74) is 0.714. The molecule has 1 unspecified atom stereocenters. The van der Waals surface area contributed by atoms with Gasteiger partial charge in [0.2, 0.25) is 0 Å². The highest BCUT2D eigenvalue weighted by Gasteiger charge is 2.30. The van der Waals surface area contributed by atoms with Gasteiger partial charge in [-0.2, -0.15) is 0 Å². The normalized spacial score (nSPS) is 21.5. The Kier molecular flexibility index (Phi) is 4.42. The van der Waals surface area contributed by atoms with Gasteiger partial charge in [-0.05, 0) is 19.0 Å². The summed E-state index contributed by atoms with van der Waals surface area (Å²) in [6.45, 7) is 3.24. The van der Waals surface area contributed by atoms with E-state index in [0.717, 1.165) is 6.54 Å². The Labute approximate surface area is 112 Å². The summed E-state index contributed by atoms with van der Waals surface area (Å²) in [5.74, 6) is -0.179. The van der Waals surface area contributed by atoms with E-state index in [4.69, 9.17) is 4.74 Å². The molecular weight excluding hydrogens is 269 g/mol. The molecule has 1 saturated heterocycles. The van der Waals surface area contributed by atoms with Crippen molar-refractivity contribution in [2.24, 2.45) is 0 Å². The monoisotopic (exact) mass is 287 g/mol. The van der Waals surface area contributed by atoms with E-state index < -0.39 is 21.8 Å². The highest BCUT2D eigenvalue weighted by Crippen LogP contribution is 2.26. The molecular formula is C13H18FNO3S. The zero-order valence-corrected chi connectivity index (χ0v) is 11.7. The second-order valence-corrected chi connectivity index (χ2v) is 6.88. The van der Waals surface area contributed by atoms with Gasteiger partial charge in [-0.25, -0.2) is 12.8 Å². The third kappa shape index (κ3) is 3.67. The fourth-order valence-electron chi connectivity index (χ4n) is 2.10. The maximum atomic E-state index is 13.8. The van der Waals surface area contributed by atoms with Crippen molar-refractivity contribution in [3.05, 3.63) is 29.6 Å². The highest BCUT2D eigenvalue weighted by molar-refractivity contribution is 7.91. The number of halogens is 1. The predicted molar refractivity (Wildman–Crippen MR) is 71.5 cm³/mol. The van der Waals surface area contributed by atoms with Crippen LogP contribution in [-0.2, 0) is 16.4 Å². The van der Waals surface area contributed by atoms with E-state index in [0.29, 0.717) is 18.5 Å². The lowest BCUT2D eigenvalue weighted by Crippen LogP contribution is -2.20. The molecule has 1 fully saturated rings. The lowest BCUT2D eigenvalue weighted by atomic mass is 10.2. The Hall–Kier alpha value is -1.14. The first-order chi connectivity index (χ1) is 9.02. The largest absolute Gasteiger partial charge is 0.486 e. The van der Waals surface area contributed by atoms with Gasteiger partial charge in [-0.3, -0.25) is 0 Å². The number of rotatable bonds is 5. The minimum absolute atomic E-state index is 0.0258. The number of para-hydroxylation sites is 1. The van der Waals surface area contributed by atoms with Gasteiger partial charge in [0.05, 0.1) is 11.5 Å². The molecule has 0 aromatic heterocycles. The molecule has 0 radical (unpaired) electrons. The van der Waals surface area contributed by atoms with Crippen LogP contribution in [0.2, 0.25) is 0 Å². The Balaban J connectivity index is 2.15. The van der Waals surface area contributed by atoms with Crippen molar-refractivity contribution in [2.45, 2.75) is 26.0 Å². The molecule has 1 heterocycles. The Bertz CT molecular complexity index is 545. The van der Waals surface area contributed by atoms with E-state index in [9.17, 15) is 12.8 Å². The van der Waals surface area contributed by atoms with Crippen LogP contribution in [0.25, 0.3) is 0 Å². The summed E-state index contributed by atoms with van der Waals surface area (Å²) in [4.78, 5) is 0. The van der Waals surface area contributed by atoms with Crippen LogP contribution in [0.5, 0.6) is 5.75 Å². The summed E-state index contributed by atoms with van der Waals surface area (Å²) in [7, 11) is -3.02. The molecule has 0 bridgehead atoms. The molecule has 1 aliphatic rings. The van der Waals surface area contributed by atoms with Gasteiger partial charge in [-0.1, -0.05) is 19.1 Å². The topological polar surface area (TPSA) is 55.4 Å². The molecule has 0 saturated carbocycles. The van der Waals surface area contributed by atoms with Crippen LogP contribution in [0.15, 0.2) is 18.2 Å². The first-order valence-electron chi connectivity index (χ1n) is 6.37. The number of sulfone groups is 1. The molecule has 1 aromatic rings. The molecule has 1 aromatic carbocycles. The van der Waals surface area contributed by atoms with Crippen molar-refractivity contribution in [1.82, 2.24) is 5.32 Å². The summed E-state index contributed by atoms with van der Waals surface area (Å²) in [6, 6.07) is 4.74. The molecule has 1 N–H and O–H groups in total. The van der Waals surface area contributed by atoms with Gasteiger partial charge >= 0.3 is 0 Å². The summed E-state index contributed by atoms with van der Waals surface area (Å²) in [6.07, 6.45) is -0.0144. The van der Waals surface area contributed by atoms with E-state index in [-0.39, 0.29) is 17.3 Å². The van der Waals surface area contributed by atoms with Gasteiger partial charge in [0, 0.05) is 12.1 Å². The zero-order chi connectivity index (χ0) is 13.9. The number of hydrogen-bond acceptors (Lipinski definition) is 4. The fourth-order valence-corrected chi connectivity index (χ4v) is 3.69. The molecule has 2 rings (SSSR count). The van der Waals surface area contributed by atoms with E-state index in [1.54, 1.807) is 12.1 Å². The molecule has 6 heteroatoms. The zero-order valence-electron chi connectivity index (χ0n) is 10.9. The van der Waals surface area contributed by atoms with Gasteiger partial charge in [-0.15, -0.1) is 0 Å². The molecule has 1 aliphatic heterocycles. The van der Waals surface area contributed by atoms with E-state index in [1.807, 2.05) is 6.92 Å². The maximum Gasteiger partial charge on any atom is 0.165 e. The van der Waals surface area contributed by atoms with Gasteiger partial charge in [0.15, 0.2) is 21.4 Å². The number of benzene rings is 1. The first kappa shape index (κ1) is 14.3. The van der Waals surface area contributed by atoms with Crippen LogP contribution in [0.3, 0.4) is 0 Å². The van der Waals surface area contributed by atoms with Crippen molar-refractivity contribution in [3.8, 4) is 5.75 Å². The quantitative estimate of drug-likeness (QED) is 0.891. The second-order valence-electron chi connectivity index (χ2n) is 4.65. The SMILES string of the molecule is CCNCc1cccc(F)c1OC1CCS(=O)(=O)C1. The van der Waals surface area contributed by atoms with Crippen molar-refractivity contribution >= 4 is 9.84 Å². The van der Waals surface area contributed by atoms with Crippen LogP contribution in [-0.4, -0.2) is 32.6 Å². The first-order valence-corrected chi connectivity index (χ1v) is 8.19. The van der Waals surface area contributed by atoms with Crippen molar-refractivity contribution in [1.29, 1.82) is 0 Å². The van der Waals surface area contributed by atoms with Crippen molar-refractivity contribution in [3.63, 3.8) is 0 Å². The summed E-state index contributed by atoms with van der Waals surface area (Å²) >= 11 is 0. The highest BCUT2D eigenvalue weighted by atomic mass is 32.2. The van der Waals surface area contributed by atoms with Gasteiger partial charge < -0.3 is 10.1 Å². The van der Waals surface area contributed by atoms with Crippen LogP contribution in [0.1, 0.15) is 18.9 Å². The third-order valence-corrected chi connectivity index (χ3v) is 4.83. The van der Waals surface area contributed by atoms with Crippen LogP contribution >= 0.6 is 0 Å². The lowest BCUT2D eigenvalue weighted by Gasteiger charge is -2.16. The molecule has 0 aliphatic carbocycles. The molecule has 0 spiro atoms. The predicted octanol–water partition coefficient (Wildman–Crippen LogP) is 1.50. The number of hydrogen-bond donors (Lipinski definition) is 1. The van der Waals surface area contributed by atoms with Crippen molar-refractivity contribution < 1.29 is 17.5 Å². The van der Waals surface area contributed by atoms with Crippen molar-refractivity contribution in [2.75, 3.05) is 18.1 Å². The summed E-state index contributed by atoms with van der Waals surface area (Å²) < 4.78 is 42.2. The molecule has 19 heavy (non-hydrogen) atoms. The van der Waals surface area contributed by atoms with Crippen LogP contribution in [0.4, 0.5) is 4.39 Å². The average molecular weight is 287 g/mol. The molecule has 4 nitrogen and oxygen atoms in total. The third-order valence-electron chi connectivity index (χ3n) is 3.09. The average Bonchev–Trinajstić information content (AvgIpc) is 2.69. The van der Waals surface area contributed by atoms with Gasteiger partial charge in [0.1, 0.15) is 6.10 Å². The van der Waals surface area contributed by atoms with E-state index in [1.165, 1.54) is 6.07 Å². The smallest absolute Gasteiger partial charge is 0.165 e. The minimum Gasteiger partial charge on any atom is -0.486 e. The van der Waals surface area contributed by atoms with Crippen LogP contribution < -0.4 is 10.1 Å². The Morgan fingerprint density at radius 1 is 1.47 bits per heavy atom. The Morgan fingerprint density at radius 3 is 2.89 bits per heavy atom. The van der Waals surface area contributed by atoms with Crippen LogP contribution in [0, 0.1) is 5.82 Å². The maximum absolute atomic E-state index is 13.8. The molecule has 1 atom stereocenters. The van der Waals surface area contributed by atoms with E-state index >= 15 is 0 Å². The minimum atomic E-state index is -3.02. The molecule has 106 valence electrons. The second kappa shape index (κ2) is 5.88. The number of ether oxygens (including phenoxy) is 1. The fraction of sp³-hybridized carbons (Fsp3) is 0.538. The summed E-state index contributed by atoms with van der Waals surface area (Å²) in [5, 5.41) is 3.11. The standard InChI is InChI=1S/C13H18FNO3S/c1-2-15-8-10-4-3-5-12(14)13(10)18-11-6-7-19(16,17)9-11/h3-5,11,15H,2,6-9H2,1H3. The Morgan fingerprint density at radius 2 is 2.26 bits per heavy atom.